The predicted octanol–water partition coefficient (Wildman–Crippen LogP) is 2.77. The number of nitrogens with one attached hydrogen (secondary N) is 1. The molecular formula is C14H22FN3O. The molecule has 1 rings (SSSR count). The third-order valence-electron chi connectivity index (χ3n) is 2.49. The largest absolute Gasteiger partial charge is 0.370 e. The fraction of sp³-hybridized carbons (Fsp3) is 0.571. The van der Waals surface area contributed by atoms with Gasteiger partial charge in [0.2, 0.25) is 0 Å². The lowest BCUT2D eigenvalue weighted by Gasteiger charge is -2.27. The highest BCUT2D eigenvalue weighted by molar-refractivity contribution is 5.98. The van der Waals surface area contributed by atoms with Crippen molar-refractivity contribution in [2.24, 2.45) is 5.41 Å². The zero-order valence-corrected chi connectivity index (χ0v) is 12.2. The summed E-state index contributed by atoms with van der Waals surface area (Å²) in [5, 5.41) is 2.98. The minimum Gasteiger partial charge on any atom is -0.370 e. The van der Waals surface area contributed by atoms with Gasteiger partial charge in [-0.15, -0.1) is 0 Å². The molecule has 4 nitrogen and oxygen atoms in total. The Morgan fingerprint density at radius 2 is 2.11 bits per heavy atom. The molecule has 1 aromatic rings. The summed E-state index contributed by atoms with van der Waals surface area (Å²) in [5.41, 5.74) is 0.261. The van der Waals surface area contributed by atoms with Crippen molar-refractivity contribution in [3.63, 3.8) is 0 Å². The van der Waals surface area contributed by atoms with Crippen LogP contribution in [0.3, 0.4) is 0 Å². The Labute approximate surface area is 114 Å². The molecule has 1 N–H and O–H groups in total. The fourth-order valence-electron chi connectivity index (χ4n) is 1.90. The number of aromatic nitrogens is 1. The molecular weight excluding hydrogens is 245 g/mol. The van der Waals surface area contributed by atoms with E-state index in [2.05, 4.69) is 10.3 Å². The summed E-state index contributed by atoms with van der Waals surface area (Å²) in [6.45, 7) is 9.26. The Morgan fingerprint density at radius 3 is 2.63 bits per heavy atom. The molecule has 106 valence electrons. The smallest absolute Gasteiger partial charge is 0.257 e. The first-order chi connectivity index (χ1) is 8.74. The first kappa shape index (κ1) is 15.4. The van der Waals surface area contributed by atoms with Crippen molar-refractivity contribution in [2.75, 3.05) is 25.5 Å². The molecule has 0 fully saturated rings. The maximum atomic E-state index is 13.3. The normalized spacial score (nSPS) is 11.3. The van der Waals surface area contributed by atoms with E-state index in [4.69, 9.17) is 0 Å². The molecule has 0 aliphatic carbocycles. The number of carbonyl (C=O) groups excluding carboxylic acids is 1. The van der Waals surface area contributed by atoms with Crippen LogP contribution in [0.4, 0.5) is 10.2 Å². The summed E-state index contributed by atoms with van der Waals surface area (Å²) in [5.74, 6) is -0.304. The minimum atomic E-state index is -0.505. The Kier molecular flexibility index (Phi) is 4.86. The van der Waals surface area contributed by atoms with Crippen molar-refractivity contribution >= 4 is 11.7 Å². The predicted molar refractivity (Wildman–Crippen MR) is 74.8 cm³/mol. The first-order valence-electron chi connectivity index (χ1n) is 6.39. The fourth-order valence-corrected chi connectivity index (χ4v) is 1.90. The molecule has 0 radical (unpaired) electrons. The Hall–Kier alpha value is -1.65. The first-order valence-corrected chi connectivity index (χ1v) is 6.39. The van der Waals surface area contributed by atoms with Crippen LogP contribution in [0.1, 0.15) is 38.1 Å². The van der Waals surface area contributed by atoms with Crippen LogP contribution in [-0.4, -0.2) is 35.9 Å². The van der Waals surface area contributed by atoms with Crippen LogP contribution in [-0.2, 0) is 0 Å². The number of rotatable bonds is 4. The molecule has 0 spiro atoms. The minimum absolute atomic E-state index is 0.0104. The van der Waals surface area contributed by atoms with Crippen molar-refractivity contribution in [3.8, 4) is 0 Å². The van der Waals surface area contributed by atoms with Crippen LogP contribution in [0.5, 0.6) is 0 Å². The maximum Gasteiger partial charge on any atom is 0.257 e. The second-order valence-corrected chi connectivity index (χ2v) is 5.80. The molecule has 19 heavy (non-hydrogen) atoms. The average Bonchev–Trinajstić information content (AvgIpc) is 2.28. The van der Waals surface area contributed by atoms with E-state index in [0.717, 1.165) is 6.20 Å². The summed E-state index contributed by atoms with van der Waals surface area (Å²) in [6.07, 6.45) is 1.11. The highest BCUT2D eigenvalue weighted by Gasteiger charge is 2.22. The summed E-state index contributed by atoms with van der Waals surface area (Å²) < 4.78 is 13.3. The van der Waals surface area contributed by atoms with Crippen LogP contribution in [0.15, 0.2) is 12.3 Å². The Bertz CT molecular complexity index is 454. The molecule has 1 heterocycles. The number of halogens is 1. The summed E-state index contributed by atoms with van der Waals surface area (Å²) >= 11 is 0. The lowest BCUT2D eigenvalue weighted by molar-refractivity contribution is 0.0745. The number of anilines is 1. The summed E-state index contributed by atoms with van der Waals surface area (Å²) in [7, 11) is 1.72. The van der Waals surface area contributed by atoms with Crippen LogP contribution < -0.4 is 5.32 Å². The van der Waals surface area contributed by atoms with Gasteiger partial charge in [0.1, 0.15) is 11.6 Å². The number of hydrogen-bond donors (Lipinski definition) is 1. The average molecular weight is 267 g/mol. The van der Waals surface area contributed by atoms with Crippen LogP contribution in [0.2, 0.25) is 0 Å². The van der Waals surface area contributed by atoms with Gasteiger partial charge in [-0.25, -0.2) is 9.37 Å². The number of hydrogen-bond acceptors (Lipinski definition) is 3. The monoisotopic (exact) mass is 267 g/mol. The molecule has 0 atom stereocenters. The van der Waals surface area contributed by atoms with E-state index >= 15 is 0 Å². The van der Waals surface area contributed by atoms with Gasteiger partial charge < -0.3 is 10.2 Å². The molecule has 5 heteroatoms. The van der Waals surface area contributed by atoms with Crippen molar-refractivity contribution in [1.29, 1.82) is 0 Å². The van der Waals surface area contributed by atoms with Gasteiger partial charge >= 0.3 is 0 Å². The van der Waals surface area contributed by atoms with Gasteiger partial charge in [0.05, 0.1) is 11.8 Å². The lowest BCUT2D eigenvalue weighted by Crippen LogP contribution is -2.35. The number of amides is 1. The zero-order chi connectivity index (χ0) is 14.6. The van der Waals surface area contributed by atoms with Gasteiger partial charge in [-0.05, 0) is 18.4 Å². The third kappa shape index (κ3) is 4.50. The van der Waals surface area contributed by atoms with Crippen molar-refractivity contribution < 1.29 is 9.18 Å². The molecule has 0 aliphatic rings. The van der Waals surface area contributed by atoms with E-state index in [1.54, 1.807) is 11.9 Å². The van der Waals surface area contributed by atoms with E-state index in [-0.39, 0.29) is 16.9 Å². The highest BCUT2D eigenvalue weighted by Crippen LogP contribution is 2.19. The van der Waals surface area contributed by atoms with Crippen LogP contribution in [0, 0.1) is 11.2 Å². The van der Waals surface area contributed by atoms with Crippen molar-refractivity contribution in [1.82, 2.24) is 9.88 Å². The van der Waals surface area contributed by atoms with Gasteiger partial charge in [0.15, 0.2) is 0 Å². The van der Waals surface area contributed by atoms with E-state index in [1.807, 2.05) is 27.7 Å². The third-order valence-corrected chi connectivity index (χ3v) is 2.49. The summed E-state index contributed by atoms with van der Waals surface area (Å²) in [4.78, 5) is 17.9. The van der Waals surface area contributed by atoms with Gasteiger partial charge in [0.25, 0.3) is 5.91 Å². The van der Waals surface area contributed by atoms with Gasteiger partial charge in [-0.1, -0.05) is 20.8 Å². The molecule has 0 aliphatic heterocycles. The van der Waals surface area contributed by atoms with E-state index < -0.39 is 5.82 Å². The zero-order valence-electron chi connectivity index (χ0n) is 12.2. The Morgan fingerprint density at radius 1 is 1.47 bits per heavy atom. The van der Waals surface area contributed by atoms with E-state index in [1.165, 1.54) is 6.07 Å². The molecule has 1 amide bonds. The van der Waals surface area contributed by atoms with Crippen molar-refractivity contribution in [2.45, 2.75) is 27.7 Å². The molecule has 0 saturated heterocycles. The quantitative estimate of drug-likeness (QED) is 0.912. The topological polar surface area (TPSA) is 45.2 Å². The van der Waals surface area contributed by atoms with E-state index in [0.29, 0.717) is 18.9 Å². The maximum absolute atomic E-state index is 13.3. The number of carbonyl (C=O) groups is 1. The molecule has 0 unspecified atom stereocenters. The number of pyridine rings is 1. The van der Waals surface area contributed by atoms with Gasteiger partial charge in [-0.3, -0.25) is 4.79 Å². The highest BCUT2D eigenvalue weighted by atomic mass is 19.1. The standard InChI is InChI=1S/C14H22FN3O/c1-6-16-12-11(7-10(15)8-17-12)13(19)18(5)9-14(2,3)4/h7-8H,6,9H2,1-5H3,(H,16,17). The lowest BCUT2D eigenvalue weighted by atomic mass is 9.96. The van der Waals surface area contributed by atoms with E-state index in [9.17, 15) is 9.18 Å². The van der Waals surface area contributed by atoms with Gasteiger partial charge in [0, 0.05) is 20.1 Å². The second kappa shape index (κ2) is 5.99. The van der Waals surface area contributed by atoms with Crippen LogP contribution >= 0.6 is 0 Å². The molecule has 0 saturated carbocycles. The molecule has 1 aromatic heterocycles. The number of nitrogens with zero attached hydrogens (tertiary/aromatic N) is 2. The summed E-state index contributed by atoms with van der Waals surface area (Å²) in [6, 6.07) is 1.23. The molecule has 0 bridgehead atoms. The Balaban J connectivity index is 3.00. The van der Waals surface area contributed by atoms with Gasteiger partial charge in [-0.2, -0.15) is 0 Å². The SMILES string of the molecule is CCNc1ncc(F)cc1C(=O)N(C)CC(C)(C)C. The second-order valence-electron chi connectivity index (χ2n) is 5.80. The molecule has 0 aromatic carbocycles. The van der Waals surface area contributed by atoms with Crippen molar-refractivity contribution in [3.05, 3.63) is 23.6 Å². The van der Waals surface area contributed by atoms with Crippen LogP contribution in [0.25, 0.3) is 0 Å².